The molecule has 0 saturated heterocycles. The van der Waals surface area contributed by atoms with Crippen LogP contribution in [0.5, 0.6) is 23.0 Å². The maximum atomic E-state index is 13.0. The number of amides is 1. The molecule has 190 valence electrons. The summed E-state index contributed by atoms with van der Waals surface area (Å²) in [6.45, 7) is 9.88. The molecule has 0 fully saturated rings. The number of carbonyl (C=O) groups excluding carboxylic acids is 2. The number of Topliss-reactive ketones (excluding diaryl/α,β-unsaturated/α-hetero) is 1. The molecule has 0 saturated carbocycles. The summed E-state index contributed by atoms with van der Waals surface area (Å²) in [5.41, 5.74) is 0.504. The van der Waals surface area contributed by atoms with Crippen molar-refractivity contribution in [3.05, 3.63) is 34.3 Å². The molecule has 1 amide bonds. The van der Waals surface area contributed by atoms with E-state index in [-0.39, 0.29) is 11.4 Å². The smallest absolute Gasteiger partial charge is 0.258 e. The molecule has 35 heavy (non-hydrogen) atoms. The monoisotopic (exact) mass is 525 g/mol. The number of carbonyl (C=O) groups is 2. The van der Waals surface area contributed by atoms with Crippen LogP contribution in [0.4, 0.5) is 11.4 Å². The van der Waals surface area contributed by atoms with Crippen LogP contribution in [0, 0.1) is 0 Å². The van der Waals surface area contributed by atoms with Gasteiger partial charge in [-0.15, -0.1) is 0 Å². The number of nitrogens with one attached hydrogen (secondary N) is 1. The van der Waals surface area contributed by atoms with Crippen molar-refractivity contribution in [2.75, 3.05) is 31.7 Å². The predicted octanol–water partition coefficient (Wildman–Crippen LogP) is 6.27. The van der Waals surface area contributed by atoms with Crippen molar-refractivity contribution in [3.63, 3.8) is 0 Å². The summed E-state index contributed by atoms with van der Waals surface area (Å²) in [5.74, 6) is 0.139. The Morgan fingerprint density at radius 1 is 0.857 bits per heavy atom. The van der Waals surface area contributed by atoms with Gasteiger partial charge in [0.1, 0.15) is 17.2 Å². The molecule has 1 N–H and O–H groups in total. The molecular weight excluding hydrogens is 497 g/mol. The van der Waals surface area contributed by atoms with Gasteiger partial charge in [-0.05, 0) is 40.7 Å². The van der Waals surface area contributed by atoms with E-state index in [1.165, 1.54) is 25.1 Å². The number of rotatable bonds is 13. The molecule has 2 aromatic carbocycles. The fourth-order valence-corrected chi connectivity index (χ4v) is 3.41. The van der Waals surface area contributed by atoms with Crippen molar-refractivity contribution in [2.24, 2.45) is 10.2 Å². The zero-order valence-electron chi connectivity index (χ0n) is 20.3. The standard InChI is InChI=1S/C24H29Cl2N3O6/c1-6-32-19-13-17(20(33-7-2)12-16(19)26)27-24(31)22(14(5)30)29-28-18-10-15(25)11-21(34-8-3)23(18)35-9-4/h10-13,22H,6-9H2,1-5H3,(H,27,31). The summed E-state index contributed by atoms with van der Waals surface area (Å²) < 4.78 is 22.3. The minimum Gasteiger partial charge on any atom is -0.492 e. The number of halogens is 2. The zero-order valence-corrected chi connectivity index (χ0v) is 21.8. The molecule has 0 heterocycles. The lowest BCUT2D eigenvalue weighted by Crippen LogP contribution is -2.32. The Morgan fingerprint density at radius 3 is 2.06 bits per heavy atom. The van der Waals surface area contributed by atoms with Crippen LogP contribution >= 0.6 is 23.2 Å². The van der Waals surface area contributed by atoms with Gasteiger partial charge in [-0.2, -0.15) is 10.2 Å². The maximum Gasteiger partial charge on any atom is 0.258 e. The van der Waals surface area contributed by atoms with E-state index < -0.39 is 17.7 Å². The lowest BCUT2D eigenvalue weighted by atomic mass is 10.2. The van der Waals surface area contributed by atoms with E-state index in [1.807, 2.05) is 6.92 Å². The second-order valence-electron chi connectivity index (χ2n) is 6.98. The largest absolute Gasteiger partial charge is 0.492 e. The highest BCUT2D eigenvalue weighted by Crippen LogP contribution is 2.41. The average molecular weight is 526 g/mol. The van der Waals surface area contributed by atoms with Crippen molar-refractivity contribution >= 4 is 46.3 Å². The van der Waals surface area contributed by atoms with E-state index in [0.29, 0.717) is 59.5 Å². The molecule has 0 aromatic heterocycles. The predicted molar refractivity (Wildman–Crippen MR) is 135 cm³/mol. The third-order valence-electron chi connectivity index (χ3n) is 4.39. The fraction of sp³-hybridized carbons (Fsp3) is 0.417. The van der Waals surface area contributed by atoms with Gasteiger partial charge in [0.25, 0.3) is 5.91 Å². The lowest BCUT2D eigenvalue weighted by molar-refractivity contribution is -0.126. The molecule has 1 atom stereocenters. The molecule has 2 aromatic rings. The van der Waals surface area contributed by atoms with Crippen molar-refractivity contribution < 1.29 is 28.5 Å². The highest BCUT2D eigenvalue weighted by atomic mass is 35.5. The first-order valence-electron chi connectivity index (χ1n) is 11.2. The van der Waals surface area contributed by atoms with Crippen molar-refractivity contribution in [1.29, 1.82) is 0 Å². The number of ketones is 1. The Morgan fingerprint density at radius 2 is 1.46 bits per heavy atom. The van der Waals surface area contributed by atoms with Crippen LogP contribution in [0.1, 0.15) is 34.6 Å². The third-order valence-corrected chi connectivity index (χ3v) is 4.91. The van der Waals surface area contributed by atoms with E-state index in [1.54, 1.807) is 26.8 Å². The number of anilines is 1. The van der Waals surface area contributed by atoms with Crippen molar-refractivity contribution in [3.8, 4) is 23.0 Å². The third kappa shape index (κ3) is 7.73. The first kappa shape index (κ1) is 28.2. The van der Waals surface area contributed by atoms with Gasteiger partial charge in [0.15, 0.2) is 17.3 Å². The SMILES string of the molecule is CCOc1cc(NC(=O)C(N=Nc2cc(Cl)cc(OCC)c2OCC)C(C)=O)c(OCC)cc1Cl. The summed E-state index contributed by atoms with van der Waals surface area (Å²) in [4.78, 5) is 25.3. The average Bonchev–Trinajstić information content (AvgIpc) is 2.79. The number of benzene rings is 2. The number of hydrogen-bond acceptors (Lipinski definition) is 8. The van der Waals surface area contributed by atoms with Crippen LogP contribution in [0.15, 0.2) is 34.5 Å². The molecule has 0 aliphatic heterocycles. The van der Waals surface area contributed by atoms with E-state index in [9.17, 15) is 9.59 Å². The molecule has 1 unspecified atom stereocenters. The molecule has 11 heteroatoms. The first-order chi connectivity index (χ1) is 16.7. The van der Waals surface area contributed by atoms with Crippen LogP contribution in [0.3, 0.4) is 0 Å². The van der Waals surface area contributed by atoms with Gasteiger partial charge in [-0.3, -0.25) is 9.59 Å². The summed E-state index contributed by atoms with van der Waals surface area (Å²) >= 11 is 12.4. The molecule has 0 spiro atoms. The second kappa shape index (κ2) is 13.7. The maximum absolute atomic E-state index is 13.0. The number of ether oxygens (including phenoxy) is 4. The van der Waals surface area contributed by atoms with Gasteiger partial charge in [-0.25, -0.2) is 0 Å². The Balaban J connectivity index is 2.40. The van der Waals surface area contributed by atoms with Gasteiger partial charge >= 0.3 is 0 Å². The van der Waals surface area contributed by atoms with Gasteiger partial charge < -0.3 is 24.3 Å². The molecule has 0 aliphatic carbocycles. The van der Waals surface area contributed by atoms with Crippen LogP contribution in [0.25, 0.3) is 0 Å². The lowest BCUT2D eigenvalue weighted by Gasteiger charge is -2.16. The van der Waals surface area contributed by atoms with Crippen LogP contribution in [0.2, 0.25) is 10.0 Å². The molecule has 0 radical (unpaired) electrons. The molecule has 0 bridgehead atoms. The number of nitrogens with zero attached hydrogens (tertiary/aromatic N) is 2. The zero-order chi connectivity index (χ0) is 26.0. The number of hydrogen-bond donors (Lipinski definition) is 1. The molecule has 9 nitrogen and oxygen atoms in total. The Kier molecular flexibility index (Phi) is 11.1. The van der Waals surface area contributed by atoms with E-state index in [0.717, 1.165) is 0 Å². The molecular formula is C24H29Cl2N3O6. The highest BCUT2D eigenvalue weighted by Gasteiger charge is 2.25. The Hall–Kier alpha value is -3.04. The van der Waals surface area contributed by atoms with Gasteiger partial charge in [-0.1, -0.05) is 23.2 Å². The Labute approximate surface area is 214 Å². The van der Waals surface area contributed by atoms with Gasteiger partial charge in [0.05, 0.1) is 37.1 Å². The van der Waals surface area contributed by atoms with E-state index >= 15 is 0 Å². The topological polar surface area (TPSA) is 108 Å². The van der Waals surface area contributed by atoms with Crippen LogP contribution in [-0.4, -0.2) is 44.2 Å². The quantitative estimate of drug-likeness (QED) is 0.244. The summed E-state index contributed by atoms with van der Waals surface area (Å²) in [5, 5.41) is 11.4. The summed E-state index contributed by atoms with van der Waals surface area (Å²) in [6.07, 6.45) is 0. The minimum absolute atomic E-state index is 0.224. The van der Waals surface area contributed by atoms with Crippen LogP contribution < -0.4 is 24.3 Å². The summed E-state index contributed by atoms with van der Waals surface area (Å²) in [6, 6.07) is 4.72. The van der Waals surface area contributed by atoms with Crippen molar-refractivity contribution in [2.45, 2.75) is 40.7 Å². The van der Waals surface area contributed by atoms with Gasteiger partial charge in [0, 0.05) is 23.2 Å². The van der Waals surface area contributed by atoms with E-state index in [2.05, 4.69) is 15.5 Å². The van der Waals surface area contributed by atoms with Crippen LogP contribution in [-0.2, 0) is 9.59 Å². The number of azo groups is 1. The van der Waals surface area contributed by atoms with Gasteiger partial charge in [0.2, 0.25) is 6.04 Å². The highest BCUT2D eigenvalue weighted by molar-refractivity contribution is 6.32. The Bertz CT molecular complexity index is 1080. The van der Waals surface area contributed by atoms with E-state index in [4.69, 9.17) is 42.1 Å². The molecule has 2 rings (SSSR count). The first-order valence-corrected chi connectivity index (χ1v) is 11.9. The normalized spacial score (nSPS) is 11.7. The fourth-order valence-electron chi connectivity index (χ4n) is 2.99. The molecule has 0 aliphatic rings. The summed E-state index contributed by atoms with van der Waals surface area (Å²) in [7, 11) is 0. The van der Waals surface area contributed by atoms with Crippen molar-refractivity contribution in [1.82, 2.24) is 0 Å². The minimum atomic E-state index is -1.44. The second-order valence-corrected chi connectivity index (χ2v) is 7.82.